The number of hydrogen-bond donors (Lipinski definition) is 5. The first-order chi connectivity index (χ1) is 36.9. The molecule has 2 aromatic heterocycles. The highest BCUT2D eigenvalue weighted by Gasteiger charge is 2.57. The lowest BCUT2D eigenvalue weighted by Crippen LogP contribution is -2.63. The van der Waals surface area contributed by atoms with Crippen molar-refractivity contribution in [2.75, 3.05) is 37.7 Å². The number of alkyl halides is 8. The molecule has 0 saturated carbocycles. The third kappa shape index (κ3) is 14.0. The normalized spacial score (nSPS) is 18.7. The molecular weight excluding hydrogens is 1060 g/mol. The number of amides is 4. The number of carbonyl (C=O) groups excluding carboxylic acids is 4. The van der Waals surface area contributed by atoms with Crippen LogP contribution in [0.4, 0.5) is 49.7 Å². The molecule has 2 aromatic carbocycles. The Morgan fingerprint density at radius 2 is 1.32 bits per heavy atom. The van der Waals surface area contributed by atoms with Crippen LogP contribution in [0, 0.1) is 34.3 Å². The van der Waals surface area contributed by atoms with Crippen LogP contribution in [0.5, 0.6) is 0 Å². The number of aromatic nitrogens is 3. The van der Waals surface area contributed by atoms with E-state index in [0.717, 1.165) is 71.1 Å². The molecular formula is C53H60F10N10O6. The molecule has 5 heterocycles. The Labute approximate surface area is 448 Å². The van der Waals surface area contributed by atoms with Crippen molar-refractivity contribution >= 4 is 29.4 Å². The van der Waals surface area contributed by atoms with Gasteiger partial charge in [0.1, 0.15) is 29.5 Å². The average Bonchev–Trinajstić information content (AvgIpc) is 4.03. The Morgan fingerprint density at radius 1 is 0.772 bits per heavy atom. The zero-order chi connectivity index (χ0) is 57.9. The molecule has 79 heavy (non-hydrogen) atoms. The highest BCUT2D eigenvalue weighted by molar-refractivity contribution is 5.88. The maximum Gasteiger partial charge on any atom is 0.396 e. The zero-order valence-corrected chi connectivity index (χ0v) is 43.8. The topological polar surface area (TPSA) is 186 Å². The van der Waals surface area contributed by atoms with Crippen LogP contribution in [-0.4, -0.2) is 141 Å². The molecule has 4 aromatic rings. The van der Waals surface area contributed by atoms with Crippen LogP contribution in [0.15, 0.2) is 67.0 Å². The molecule has 16 nitrogen and oxygen atoms in total. The second-order valence-electron chi connectivity index (χ2n) is 21.1. The summed E-state index contributed by atoms with van der Waals surface area (Å²) in [7, 11) is 0. The van der Waals surface area contributed by atoms with Crippen molar-refractivity contribution in [1.82, 2.24) is 46.0 Å². The van der Waals surface area contributed by atoms with Crippen LogP contribution in [0.2, 0.25) is 0 Å². The van der Waals surface area contributed by atoms with Crippen LogP contribution in [-0.2, 0) is 36.9 Å². The van der Waals surface area contributed by atoms with E-state index in [1.165, 1.54) is 12.1 Å². The Kier molecular flexibility index (Phi) is 18.1. The van der Waals surface area contributed by atoms with Crippen LogP contribution >= 0.6 is 0 Å². The van der Waals surface area contributed by atoms with Gasteiger partial charge in [-0.2, -0.15) is 40.2 Å². The van der Waals surface area contributed by atoms with E-state index in [-0.39, 0.29) is 15.9 Å². The summed E-state index contributed by atoms with van der Waals surface area (Å²) in [4.78, 5) is 61.9. The number of aliphatic hydroxyl groups is 1. The Balaban J connectivity index is 1.17. The highest BCUT2D eigenvalue weighted by Crippen LogP contribution is 2.42. The van der Waals surface area contributed by atoms with Gasteiger partial charge in [0.25, 0.3) is 5.91 Å². The summed E-state index contributed by atoms with van der Waals surface area (Å²) in [6.45, 7) is 2.06. The zero-order valence-electron chi connectivity index (χ0n) is 43.8. The first-order valence-electron chi connectivity index (χ1n) is 25.1. The van der Waals surface area contributed by atoms with Crippen molar-refractivity contribution in [3.8, 4) is 23.1 Å². The summed E-state index contributed by atoms with van der Waals surface area (Å²) in [6, 6.07) is 7.13. The van der Waals surface area contributed by atoms with E-state index in [1.807, 2.05) is 22.8 Å². The molecule has 3 saturated heterocycles. The lowest BCUT2D eigenvalue weighted by molar-refractivity contribution is -0.222. The highest BCUT2D eigenvalue weighted by atomic mass is 19.4. The van der Waals surface area contributed by atoms with Crippen LogP contribution in [0.25, 0.3) is 11.3 Å². The van der Waals surface area contributed by atoms with E-state index in [2.05, 4.69) is 42.5 Å². The van der Waals surface area contributed by atoms with Gasteiger partial charge in [0, 0.05) is 86.8 Å². The number of aliphatic hydroxyl groups excluding tert-OH is 1. The number of anilines is 1. The SMILES string of the molecule is CC(=O)N[C@H](C(=O)N[C@@H](Cc1ccc(C#Cc2ccc(N3CC4CCC(C3)N4C3COC3)nc2)cc1)[C@@H](O)CN(Cc1c(F)cc(-c2ccn(C(F)F)n2)cc1F)NC(=O)[C@@H](NC(C)=O)C(C)(C)C(F)(F)F)C(C)(C)C(F)(F)F. The number of pyridine rings is 1. The number of rotatable bonds is 19. The minimum atomic E-state index is -5.16. The molecule has 7 rings (SSSR count). The number of ether oxygens (including phenoxy) is 1. The summed E-state index contributed by atoms with van der Waals surface area (Å²) in [5, 5.41) is 22.4. The number of halogens is 10. The van der Waals surface area contributed by atoms with Crippen molar-refractivity contribution in [2.45, 2.75) is 129 Å². The van der Waals surface area contributed by atoms with Crippen LogP contribution in [0.1, 0.15) is 83.2 Å². The Bertz CT molecular complexity index is 2870. The Hall–Kier alpha value is -6.82. The molecule has 3 aliphatic heterocycles. The lowest BCUT2D eigenvalue weighted by atomic mass is 9.82. The van der Waals surface area contributed by atoms with E-state index in [1.54, 1.807) is 18.3 Å². The third-order valence-corrected chi connectivity index (χ3v) is 14.6. The fourth-order valence-corrected chi connectivity index (χ4v) is 9.73. The van der Waals surface area contributed by atoms with E-state index >= 15 is 8.78 Å². The van der Waals surface area contributed by atoms with Gasteiger partial charge in [0.15, 0.2) is 0 Å². The number of piperazine rings is 1. The molecule has 2 unspecified atom stereocenters. The first kappa shape index (κ1) is 59.8. The largest absolute Gasteiger partial charge is 0.396 e. The standard InChI is InChI=1S/C53H60F10N10O6/c1-29(74)65-45(50(3,4)52(58,59)60)47(77)67-42(19-32-10-7-31(8-11-32)9-12-33-13-16-44(64-22-33)70-23-35-14-15-36(24-70)73(35)37-27-79-28-37)43(76)26-71(69-48(78)46(66-30(2)75)51(5,6)53(61,62)63)25-38-39(54)20-34(21-40(38)55)41-17-18-72(68-41)49(56)57/h7-8,10-11,13,16-18,20-22,35-37,42-43,45-46,49,76H,14-15,19,23-28H2,1-6H3,(H,65,74)(H,66,75)(H,67,77)(H,69,78)/t35?,36?,42-,43-,45+,46+/m0/s1. The summed E-state index contributed by atoms with van der Waals surface area (Å²) >= 11 is 0. The fourth-order valence-electron chi connectivity index (χ4n) is 9.73. The molecule has 4 amide bonds. The van der Waals surface area contributed by atoms with Gasteiger partial charge in [-0.1, -0.05) is 24.0 Å². The van der Waals surface area contributed by atoms with Crippen molar-refractivity contribution in [1.29, 1.82) is 0 Å². The predicted octanol–water partition coefficient (Wildman–Crippen LogP) is 6.18. The van der Waals surface area contributed by atoms with Crippen molar-refractivity contribution in [3.63, 3.8) is 0 Å². The number of nitrogens with zero attached hydrogens (tertiary/aromatic N) is 6. The van der Waals surface area contributed by atoms with Gasteiger partial charge < -0.3 is 30.7 Å². The molecule has 0 aliphatic carbocycles. The molecule has 5 N–H and O–H groups in total. The third-order valence-electron chi connectivity index (χ3n) is 14.6. The number of hydrogen-bond acceptors (Lipinski definition) is 11. The van der Waals surface area contributed by atoms with Crippen LogP contribution in [0.3, 0.4) is 0 Å². The monoisotopic (exact) mass is 1120 g/mol. The van der Waals surface area contributed by atoms with Gasteiger partial charge in [0.2, 0.25) is 17.7 Å². The van der Waals surface area contributed by atoms with Crippen molar-refractivity contribution < 1.29 is 72.9 Å². The minimum Gasteiger partial charge on any atom is -0.390 e. The molecule has 0 spiro atoms. The van der Waals surface area contributed by atoms with Gasteiger partial charge in [-0.05, 0) is 95.0 Å². The number of hydrazine groups is 1. The number of benzene rings is 2. The van der Waals surface area contributed by atoms with Gasteiger partial charge in [0.05, 0.1) is 47.9 Å². The molecule has 6 atom stereocenters. The predicted molar refractivity (Wildman–Crippen MR) is 266 cm³/mol. The van der Waals surface area contributed by atoms with Crippen molar-refractivity contribution in [3.05, 3.63) is 101 Å². The summed E-state index contributed by atoms with van der Waals surface area (Å²) < 4.78 is 151. The average molecular weight is 1120 g/mol. The van der Waals surface area contributed by atoms with Gasteiger partial charge in [-0.15, -0.1) is 0 Å². The molecule has 2 bridgehead atoms. The maximum absolute atomic E-state index is 16.0. The van der Waals surface area contributed by atoms with Crippen molar-refractivity contribution in [2.24, 2.45) is 10.8 Å². The molecule has 428 valence electrons. The van der Waals surface area contributed by atoms with Gasteiger partial charge in [-0.25, -0.2) is 23.5 Å². The summed E-state index contributed by atoms with van der Waals surface area (Å²) in [6.07, 6.45) is -8.09. The molecule has 26 heteroatoms. The smallest absolute Gasteiger partial charge is 0.390 e. The quantitative estimate of drug-likeness (QED) is 0.0411. The number of nitrogens with one attached hydrogen (secondary N) is 4. The van der Waals surface area contributed by atoms with E-state index in [0.29, 0.717) is 79.7 Å². The summed E-state index contributed by atoms with van der Waals surface area (Å²) in [5.74, 6) is -1.11. The van der Waals surface area contributed by atoms with E-state index in [4.69, 9.17) is 4.74 Å². The lowest BCUT2D eigenvalue weighted by Gasteiger charge is -2.47. The molecule has 3 aliphatic rings. The maximum atomic E-state index is 16.0. The number of fused-ring (bicyclic) bond motifs is 2. The summed E-state index contributed by atoms with van der Waals surface area (Å²) in [5.41, 5.74) is -4.05. The first-order valence-corrected chi connectivity index (χ1v) is 25.1. The fraction of sp³-hybridized carbons (Fsp3) is 0.509. The van der Waals surface area contributed by atoms with Gasteiger partial charge >= 0.3 is 18.9 Å². The van der Waals surface area contributed by atoms with E-state index in [9.17, 15) is 59.4 Å². The molecule has 3 fully saturated rings. The second kappa shape index (κ2) is 23.9. The van der Waals surface area contributed by atoms with Crippen LogP contribution < -0.4 is 26.3 Å². The van der Waals surface area contributed by atoms with Gasteiger partial charge in [-0.3, -0.25) is 29.5 Å². The molecule has 0 radical (unpaired) electrons. The number of carbonyl (C=O) groups is 4. The minimum absolute atomic E-state index is 0.210. The van der Waals surface area contributed by atoms with E-state index < -0.39 is 114 Å². The second-order valence-corrected chi connectivity index (χ2v) is 21.1. The Morgan fingerprint density at radius 3 is 1.80 bits per heavy atom.